The zero-order valence-electron chi connectivity index (χ0n) is 19.6. The summed E-state index contributed by atoms with van der Waals surface area (Å²) in [6.45, 7) is 4.04. The fraction of sp³-hybridized carbons (Fsp3) is 0.444. The predicted octanol–water partition coefficient (Wildman–Crippen LogP) is 4.31. The number of carboxylic acid groups (broad SMARTS) is 1. The van der Waals surface area contributed by atoms with E-state index >= 15 is 0 Å². The quantitative estimate of drug-likeness (QED) is 0.540. The molecule has 1 fully saturated rings. The monoisotopic (exact) mass is 464 g/mol. The molecule has 2 amide bonds. The topological polar surface area (TPSA) is 105 Å². The zero-order valence-corrected chi connectivity index (χ0v) is 19.6. The number of nitrogens with one attached hydrogen (secondary N) is 2. The molecule has 0 bridgehead atoms. The zero-order chi connectivity index (χ0) is 24.2. The first-order valence-electron chi connectivity index (χ1n) is 12.0. The number of benzene rings is 2. The molecule has 4 rings (SSSR count). The summed E-state index contributed by atoms with van der Waals surface area (Å²) in [5.41, 5.74) is 4.60. The maximum atomic E-state index is 12.8. The van der Waals surface area contributed by atoms with Crippen LogP contribution in [0, 0.1) is 11.8 Å². The summed E-state index contributed by atoms with van der Waals surface area (Å²) in [4.78, 5) is 37.0. The third-order valence-electron chi connectivity index (χ3n) is 6.82. The Morgan fingerprint density at radius 2 is 1.62 bits per heavy atom. The molecule has 7 heteroatoms. The molecule has 0 aliphatic heterocycles. The molecule has 34 heavy (non-hydrogen) atoms. The minimum absolute atomic E-state index is 0.0341. The fourth-order valence-corrected chi connectivity index (χ4v) is 5.21. The second-order valence-corrected chi connectivity index (χ2v) is 9.64. The van der Waals surface area contributed by atoms with Crippen molar-refractivity contribution in [2.45, 2.75) is 57.5 Å². The number of ether oxygens (including phenoxy) is 1. The molecule has 180 valence electrons. The number of rotatable bonds is 8. The second kappa shape index (κ2) is 10.3. The maximum Gasteiger partial charge on any atom is 0.407 e. The molecule has 0 spiro atoms. The predicted molar refractivity (Wildman–Crippen MR) is 128 cm³/mol. The van der Waals surface area contributed by atoms with Crippen LogP contribution in [0.15, 0.2) is 48.5 Å². The number of alkyl carbamates (subject to hydrolysis) is 1. The van der Waals surface area contributed by atoms with Crippen LogP contribution in [0.3, 0.4) is 0 Å². The van der Waals surface area contributed by atoms with Gasteiger partial charge < -0.3 is 20.5 Å². The Morgan fingerprint density at radius 1 is 1.00 bits per heavy atom. The van der Waals surface area contributed by atoms with Gasteiger partial charge in [0.15, 0.2) is 0 Å². The third-order valence-corrected chi connectivity index (χ3v) is 6.82. The summed E-state index contributed by atoms with van der Waals surface area (Å²) in [5.74, 6) is -1.72. The van der Waals surface area contributed by atoms with E-state index in [1.165, 1.54) is 0 Å². The molecule has 0 radical (unpaired) electrons. The molecule has 0 aromatic heterocycles. The van der Waals surface area contributed by atoms with Gasteiger partial charge in [-0.3, -0.25) is 4.79 Å². The molecule has 0 heterocycles. The number of carbonyl (C=O) groups is 3. The van der Waals surface area contributed by atoms with Gasteiger partial charge in [0.25, 0.3) is 0 Å². The van der Waals surface area contributed by atoms with E-state index in [2.05, 4.69) is 34.9 Å². The van der Waals surface area contributed by atoms with Gasteiger partial charge in [0.1, 0.15) is 12.6 Å². The van der Waals surface area contributed by atoms with Gasteiger partial charge in [-0.1, -0.05) is 68.8 Å². The average molecular weight is 465 g/mol. The number of carboxylic acids is 1. The van der Waals surface area contributed by atoms with Crippen molar-refractivity contribution in [1.29, 1.82) is 0 Å². The SMILES string of the molecule is CC(C)C[C@@H](NC(=O)[C@H]1CCC[C@H]1NC(=O)OCC1c2ccccc2-c2ccccc21)C(=O)O. The maximum absolute atomic E-state index is 12.8. The molecular formula is C27H32N2O5. The van der Waals surface area contributed by atoms with E-state index in [9.17, 15) is 19.5 Å². The molecule has 2 aliphatic rings. The first-order valence-corrected chi connectivity index (χ1v) is 12.0. The fourth-order valence-electron chi connectivity index (χ4n) is 5.21. The normalized spacial score (nSPS) is 19.9. The number of carbonyl (C=O) groups excluding carboxylic acids is 2. The van der Waals surface area contributed by atoms with Crippen LogP contribution in [0.4, 0.5) is 4.79 Å². The second-order valence-electron chi connectivity index (χ2n) is 9.64. The molecule has 3 N–H and O–H groups in total. The van der Waals surface area contributed by atoms with Crippen LogP contribution in [0.2, 0.25) is 0 Å². The molecule has 7 nitrogen and oxygen atoms in total. The van der Waals surface area contributed by atoms with Crippen LogP contribution in [0.1, 0.15) is 56.6 Å². The van der Waals surface area contributed by atoms with Crippen molar-refractivity contribution < 1.29 is 24.2 Å². The number of aliphatic carboxylic acids is 1. The average Bonchev–Trinajstić information content (AvgIpc) is 3.39. The standard InChI is InChI=1S/C27H32N2O5/c1-16(2)14-24(26(31)32)28-25(30)21-12-7-13-23(21)29-27(33)34-15-22-19-10-5-3-8-17(19)18-9-4-6-11-20(18)22/h3-6,8-11,16,21-24H,7,12-15H2,1-2H3,(H,28,30)(H,29,33)(H,31,32)/t21-,23+,24+/m0/s1. The van der Waals surface area contributed by atoms with Gasteiger partial charge in [0, 0.05) is 12.0 Å². The largest absolute Gasteiger partial charge is 0.480 e. The van der Waals surface area contributed by atoms with Crippen LogP contribution >= 0.6 is 0 Å². The highest BCUT2D eigenvalue weighted by Gasteiger charge is 2.36. The lowest BCUT2D eigenvalue weighted by molar-refractivity contribution is -0.143. The summed E-state index contributed by atoms with van der Waals surface area (Å²) in [6.07, 6.45) is 1.86. The summed E-state index contributed by atoms with van der Waals surface area (Å²) in [7, 11) is 0. The summed E-state index contributed by atoms with van der Waals surface area (Å²) in [5, 5.41) is 15.0. The summed E-state index contributed by atoms with van der Waals surface area (Å²) >= 11 is 0. The molecule has 3 atom stereocenters. The van der Waals surface area contributed by atoms with Gasteiger partial charge in [-0.05, 0) is 47.4 Å². The first kappa shape index (κ1) is 23.8. The van der Waals surface area contributed by atoms with Gasteiger partial charge in [-0.2, -0.15) is 0 Å². The van der Waals surface area contributed by atoms with Crippen molar-refractivity contribution in [2.75, 3.05) is 6.61 Å². The highest BCUT2D eigenvalue weighted by atomic mass is 16.5. The summed E-state index contributed by atoms with van der Waals surface area (Å²) < 4.78 is 5.63. The van der Waals surface area contributed by atoms with Crippen LogP contribution in [0.5, 0.6) is 0 Å². The number of amides is 2. The van der Waals surface area contributed by atoms with Crippen LogP contribution in [-0.4, -0.2) is 41.8 Å². The van der Waals surface area contributed by atoms with E-state index in [1.807, 2.05) is 38.1 Å². The van der Waals surface area contributed by atoms with Gasteiger partial charge in [-0.15, -0.1) is 0 Å². The highest BCUT2D eigenvalue weighted by molar-refractivity contribution is 5.86. The van der Waals surface area contributed by atoms with Crippen molar-refractivity contribution in [2.24, 2.45) is 11.8 Å². The first-order chi connectivity index (χ1) is 16.3. The Kier molecular flexibility index (Phi) is 7.20. The van der Waals surface area contributed by atoms with Crippen molar-refractivity contribution in [3.63, 3.8) is 0 Å². The Morgan fingerprint density at radius 3 is 2.21 bits per heavy atom. The van der Waals surface area contributed by atoms with Crippen LogP contribution < -0.4 is 10.6 Å². The number of hydrogen-bond acceptors (Lipinski definition) is 4. The third kappa shape index (κ3) is 5.08. The van der Waals surface area contributed by atoms with Crippen molar-refractivity contribution in [3.8, 4) is 11.1 Å². The lowest BCUT2D eigenvalue weighted by atomic mass is 9.98. The Labute approximate surface area is 199 Å². The van der Waals surface area contributed by atoms with Gasteiger partial charge >= 0.3 is 12.1 Å². The van der Waals surface area contributed by atoms with Crippen LogP contribution in [-0.2, 0) is 14.3 Å². The van der Waals surface area contributed by atoms with E-state index in [1.54, 1.807) is 0 Å². The van der Waals surface area contributed by atoms with Gasteiger partial charge in [0.05, 0.1) is 5.92 Å². The summed E-state index contributed by atoms with van der Waals surface area (Å²) in [6, 6.07) is 15.0. The minimum atomic E-state index is -1.04. The Balaban J connectivity index is 1.36. The van der Waals surface area contributed by atoms with E-state index in [0.717, 1.165) is 28.7 Å². The van der Waals surface area contributed by atoms with E-state index < -0.39 is 24.0 Å². The Hall–Kier alpha value is -3.35. The van der Waals surface area contributed by atoms with Gasteiger partial charge in [0.2, 0.25) is 5.91 Å². The number of hydrogen-bond donors (Lipinski definition) is 3. The van der Waals surface area contributed by atoms with E-state index in [0.29, 0.717) is 19.3 Å². The molecular weight excluding hydrogens is 432 g/mol. The lowest BCUT2D eigenvalue weighted by Gasteiger charge is -2.23. The smallest absolute Gasteiger partial charge is 0.407 e. The minimum Gasteiger partial charge on any atom is -0.480 e. The highest BCUT2D eigenvalue weighted by Crippen LogP contribution is 2.44. The van der Waals surface area contributed by atoms with Gasteiger partial charge in [-0.25, -0.2) is 9.59 Å². The van der Waals surface area contributed by atoms with Crippen molar-refractivity contribution in [3.05, 3.63) is 59.7 Å². The van der Waals surface area contributed by atoms with E-state index in [-0.39, 0.29) is 30.4 Å². The molecule has 2 aliphatic carbocycles. The lowest BCUT2D eigenvalue weighted by Crippen LogP contribution is -2.49. The Bertz CT molecular complexity index is 1020. The molecule has 0 unspecified atom stereocenters. The number of fused-ring (bicyclic) bond motifs is 3. The van der Waals surface area contributed by atoms with Crippen molar-refractivity contribution in [1.82, 2.24) is 10.6 Å². The molecule has 2 aromatic rings. The molecule has 0 saturated heterocycles. The molecule has 2 aromatic carbocycles. The van der Waals surface area contributed by atoms with Crippen LogP contribution in [0.25, 0.3) is 11.1 Å². The molecule has 1 saturated carbocycles. The van der Waals surface area contributed by atoms with Crippen molar-refractivity contribution >= 4 is 18.0 Å². The van der Waals surface area contributed by atoms with E-state index in [4.69, 9.17) is 4.74 Å².